The second-order valence-electron chi connectivity index (χ2n) is 5.17. The molecule has 2 N–H and O–H groups in total. The Kier molecular flexibility index (Phi) is 4.56. The Bertz CT molecular complexity index is 533. The van der Waals surface area contributed by atoms with Gasteiger partial charge in [-0.25, -0.2) is 4.98 Å². The van der Waals surface area contributed by atoms with E-state index >= 15 is 0 Å². The molecule has 4 nitrogen and oxygen atoms in total. The highest BCUT2D eigenvalue weighted by Gasteiger charge is 2.14. The summed E-state index contributed by atoms with van der Waals surface area (Å²) in [7, 11) is 0. The van der Waals surface area contributed by atoms with Crippen LogP contribution < -0.4 is 5.32 Å². The lowest BCUT2D eigenvalue weighted by Crippen LogP contribution is -2.37. The topological polar surface area (TPSA) is 50.1 Å². The van der Waals surface area contributed by atoms with Crippen LogP contribution in [0.25, 0.3) is 11.0 Å². The molecule has 19 heavy (non-hydrogen) atoms. The van der Waals surface area contributed by atoms with Crippen molar-refractivity contribution in [3.63, 3.8) is 0 Å². The Morgan fingerprint density at radius 3 is 2.68 bits per heavy atom. The Balaban J connectivity index is 2.20. The van der Waals surface area contributed by atoms with E-state index < -0.39 is 0 Å². The number of para-hydroxylation sites is 2. The highest BCUT2D eigenvalue weighted by Crippen LogP contribution is 2.16. The monoisotopic (exact) mass is 261 g/mol. The SMILES string of the molecule is CCn1c(CNC(CO)C(C)C)nc2ccccc21. The molecule has 1 aromatic carbocycles. The van der Waals surface area contributed by atoms with Crippen LogP contribution in [0.1, 0.15) is 26.6 Å². The van der Waals surface area contributed by atoms with Crippen LogP contribution in [-0.4, -0.2) is 27.3 Å². The third-order valence-corrected chi connectivity index (χ3v) is 3.57. The van der Waals surface area contributed by atoms with Gasteiger partial charge in [-0.15, -0.1) is 0 Å². The number of aliphatic hydroxyl groups excluding tert-OH is 1. The number of benzene rings is 1. The quantitative estimate of drug-likeness (QED) is 0.838. The van der Waals surface area contributed by atoms with Crippen LogP contribution >= 0.6 is 0 Å². The van der Waals surface area contributed by atoms with Crippen LogP contribution in [0, 0.1) is 5.92 Å². The zero-order valence-corrected chi connectivity index (χ0v) is 11.9. The van der Waals surface area contributed by atoms with Crippen LogP contribution in [-0.2, 0) is 13.1 Å². The number of aryl methyl sites for hydroxylation is 1. The molecule has 0 aliphatic heterocycles. The second-order valence-corrected chi connectivity index (χ2v) is 5.17. The van der Waals surface area contributed by atoms with Crippen molar-refractivity contribution in [2.45, 2.75) is 39.9 Å². The average Bonchev–Trinajstić information content (AvgIpc) is 2.76. The highest BCUT2D eigenvalue weighted by atomic mass is 16.3. The van der Waals surface area contributed by atoms with Crippen LogP contribution in [0.3, 0.4) is 0 Å². The summed E-state index contributed by atoms with van der Waals surface area (Å²) >= 11 is 0. The lowest BCUT2D eigenvalue weighted by atomic mass is 10.1. The predicted octanol–water partition coefficient (Wildman–Crippen LogP) is 2.16. The molecule has 2 aromatic rings. The zero-order valence-electron chi connectivity index (χ0n) is 11.9. The Morgan fingerprint density at radius 1 is 1.32 bits per heavy atom. The molecular weight excluding hydrogens is 238 g/mol. The molecule has 1 atom stereocenters. The average molecular weight is 261 g/mol. The Hall–Kier alpha value is -1.39. The molecule has 2 rings (SSSR count). The van der Waals surface area contributed by atoms with E-state index in [1.165, 1.54) is 5.52 Å². The van der Waals surface area contributed by atoms with Gasteiger partial charge >= 0.3 is 0 Å². The van der Waals surface area contributed by atoms with Gasteiger partial charge in [0.1, 0.15) is 5.82 Å². The van der Waals surface area contributed by atoms with E-state index in [0.717, 1.165) is 17.9 Å². The van der Waals surface area contributed by atoms with Crippen molar-refractivity contribution < 1.29 is 5.11 Å². The van der Waals surface area contributed by atoms with E-state index in [2.05, 4.69) is 41.7 Å². The van der Waals surface area contributed by atoms with E-state index in [1.54, 1.807) is 0 Å². The van der Waals surface area contributed by atoms with Gasteiger partial charge in [-0.3, -0.25) is 0 Å². The first-order valence-corrected chi connectivity index (χ1v) is 6.95. The van der Waals surface area contributed by atoms with Crippen molar-refractivity contribution in [1.82, 2.24) is 14.9 Å². The first kappa shape index (κ1) is 14.0. The number of nitrogens with zero attached hydrogens (tertiary/aromatic N) is 2. The van der Waals surface area contributed by atoms with Gasteiger partial charge in [-0.05, 0) is 25.0 Å². The third-order valence-electron chi connectivity index (χ3n) is 3.57. The lowest BCUT2D eigenvalue weighted by Gasteiger charge is -2.19. The fraction of sp³-hybridized carbons (Fsp3) is 0.533. The van der Waals surface area contributed by atoms with Gasteiger partial charge in [-0.1, -0.05) is 26.0 Å². The molecule has 104 valence electrons. The minimum atomic E-state index is 0.116. The van der Waals surface area contributed by atoms with Gasteiger partial charge < -0.3 is 15.0 Å². The predicted molar refractivity (Wildman–Crippen MR) is 78.0 cm³/mol. The molecule has 0 amide bonds. The number of rotatable bonds is 6. The Morgan fingerprint density at radius 2 is 2.05 bits per heavy atom. The summed E-state index contributed by atoms with van der Waals surface area (Å²) in [6.07, 6.45) is 0. The molecule has 0 saturated heterocycles. The second kappa shape index (κ2) is 6.17. The molecule has 0 radical (unpaired) electrons. The largest absolute Gasteiger partial charge is 0.395 e. The van der Waals surface area contributed by atoms with Gasteiger partial charge in [0.15, 0.2) is 0 Å². The smallest absolute Gasteiger partial charge is 0.123 e. The summed E-state index contributed by atoms with van der Waals surface area (Å²) < 4.78 is 2.22. The summed E-state index contributed by atoms with van der Waals surface area (Å²) in [5, 5.41) is 12.7. The van der Waals surface area contributed by atoms with Crippen molar-refractivity contribution in [2.24, 2.45) is 5.92 Å². The summed E-state index contributed by atoms with van der Waals surface area (Å²) in [5.74, 6) is 1.44. The van der Waals surface area contributed by atoms with Crippen LogP contribution in [0.15, 0.2) is 24.3 Å². The summed E-state index contributed by atoms with van der Waals surface area (Å²) in [6, 6.07) is 8.30. The number of aromatic nitrogens is 2. The molecule has 0 spiro atoms. The van der Waals surface area contributed by atoms with Gasteiger partial charge in [0, 0.05) is 12.6 Å². The maximum Gasteiger partial charge on any atom is 0.123 e. The normalized spacial score (nSPS) is 13.3. The van der Waals surface area contributed by atoms with Gasteiger partial charge in [0.25, 0.3) is 0 Å². The minimum absolute atomic E-state index is 0.116. The van der Waals surface area contributed by atoms with E-state index in [9.17, 15) is 5.11 Å². The number of hydrogen-bond donors (Lipinski definition) is 2. The first-order chi connectivity index (χ1) is 9.17. The van der Waals surface area contributed by atoms with Gasteiger partial charge in [0.05, 0.1) is 24.2 Å². The molecule has 1 aromatic heterocycles. The fourth-order valence-electron chi connectivity index (χ4n) is 2.35. The fourth-order valence-corrected chi connectivity index (χ4v) is 2.35. The molecular formula is C15H23N3O. The number of aliphatic hydroxyl groups is 1. The van der Waals surface area contributed by atoms with E-state index in [0.29, 0.717) is 12.5 Å². The standard InChI is InChI=1S/C15H23N3O/c1-4-18-14-8-6-5-7-12(14)17-15(18)9-16-13(10-19)11(2)3/h5-8,11,13,16,19H,4,9-10H2,1-3H3. The molecule has 0 saturated carbocycles. The number of fused-ring (bicyclic) bond motifs is 1. The number of hydrogen-bond acceptors (Lipinski definition) is 3. The Labute approximate surface area is 114 Å². The van der Waals surface area contributed by atoms with E-state index in [-0.39, 0.29) is 12.6 Å². The minimum Gasteiger partial charge on any atom is -0.395 e. The molecule has 1 unspecified atom stereocenters. The van der Waals surface area contributed by atoms with Crippen LogP contribution in [0.2, 0.25) is 0 Å². The van der Waals surface area contributed by atoms with Crippen molar-refractivity contribution in [2.75, 3.05) is 6.61 Å². The molecule has 1 heterocycles. The molecule has 0 aliphatic rings. The van der Waals surface area contributed by atoms with Gasteiger partial charge in [0.2, 0.25) is 0 Å². The van der Waals surface area contributed by atoms with Crippen LogP contribution in [0.4, 0.5) is 0 Å². The number of imidazole rings is 1. The van der Waals surface area contributed by atoms with Crippen molar-refractivity contribution in [1.29, 1.82) is 0 Å². The lowest BCUT2D eigenvalue weighted by molar-refractivity contribution is 0.209. The van der Waals surface area contributed by atoms with Crippen molar-refractivity contribution >= 4 is 11.0 Å². The first-order valence-electron chi connectivity index (χ1n) is 6.95. The third kappa shape index (κ3) is 2.96. The van der Waals surface area contributed by atoms with E-state index in [4.69, 9.17) is 0 Å². The molecule has 0 fully saturated rings. The van der Waals surface area contributed by atoms with E-state index in [1.807, 2.05) is 18.2 Å². The van der Waals surface area contributed by atoms with Gasteiger partial charge in [-0.2, -0.15) is 0 Å². The molecule has 4 heteroatoms. The number of nitrogens with one attached hydrogen (secondary N) is 1. The summed E-state index contributed by atoms with van der Waals surface area (Å²) in [4.78, 5) is 4.67. The van der Waals surface area contributed by atoms with Crippen molar-refractivity contribution in [3.05, 3.63) is 30.1 Å². The summed E-state index contributed by atoms with van der Waals surface area (Å²) in [5.41, 5.74) is 2.21. The van der Waals surface area contributed by atoms with Crippen LogP contribution in [0.5, 0.6) is 0 Å². The van der Waals surface area contributed by atoms with Crippen molar-refractivity contribution in [3.8, 4) is 0 Å². The zero-order chi connectivity index (χ0) is 13.8. The molecule has 0 aliphatic carbocycles. The maximum atomic E-state index is 9.35. The highest BCUT2D eigenvalue weighted by molar-refractivity contribution is 5.75. The molecule has 0 bridgehead atoms. The summed E-state index contributed by atoms with van der Waals surface area (Å²) in [6.45, 7) is 8.09. The maximum absolute atomic E-state index is 9.35.